The Labute approximate surface area is 184 Å². The van der Waals surface area contributed by atoms with Crippen LogP contribution in [0.4, 0.5) is 0 Å². The van der Waals surface area contributed by atoms with Gasteiger partial charge in [-0.1, -0.05) is 6.92 Å². The quantitative estimate of drug-likeness (QED) is 0.498. The van der Waals surface area contributed by atoms with Gasteiger partial charge in [0, 0.05) is 17.7 Å². The van der Waals surface area contributed by atoms with E-state index in [1.54, 1.807) is 21.0 Å². The summed E-state index contributed by atoms with van der Waals surface area (Å²) in [7, 11) is 3.20. The number of aryl methyl sites for hydroxylation is 1. The number of pyridine rings is 1. The molecule has 0 amide bonds. The molecule has 3 aliphatic carbocycles. The van der Waals surface area contributed by atoms with Crippen molar-refractivity contribution in [3.63, 3.8) is 0 Å². The molecule has 1 aromatic rings. The van der Waals surface area contributed by atoms with Gasteiger partial charge in [0.05, 0.1) is 17.3 Å². The molecule has 32 heavy (non-hydrogen) atoms. The number of fused-ring (bicyclic) bond motifs is 3. The number of aromatic hydroxyl groups is 1. The first-order valence-corrected chi connectivity index (χ1v) is 10.4. The third-order valence-corrected chi connectivity index (χ3v) is 7.26. The van der Waals surface area contributed by atoms with E-state index in [-0.39, 0.29) is 34.9 Å². The molecule has 4 rings (SSSR count). The Morgan fingerprint density at radius 3 is 2.41 bits per heavy atom. The molecule has 3 aliphatic rings. The fraction of sp³-hybridized carbons (Fsp3) is 0.478. The number of aliphatic hydroxyl groups is 3. The predicted octanol–water partition coefficient (Wildman–Crippen LogP) is 1.33. The number of hydrogen-bond donors (Lipinski definition) is 4. The van der Waals surface area contributed by atoms with Crippen LogP contribution >= 0.6 is 0 Å². The Morgan fingerprint density at radius 1 is 1.22 bits per heavy atom. The van der Waals surface area contributed by atoms with Crippen LogP contribution in [0.2, 0.25) is 0 Å². The maximum Gasteiger partial charge on any atom is 0.202 e. The summed E-state index contributed by atoms with van der Waals surface area (Å²) >= 11 is 0. The second-order valence-corrected chi connectivity index (χ2v) is 9.17. The maximum absolute atomic E-state index is 13.7. The lowest BCUT2D eigenvalue weighted by Gasteiger charge is -2.51. The fourth-order valence-corrected chi connectivity index (χ4v) is 5.61. The zero-order chi connectivity index (χ0) is 23.9. The normalized spacial score (nSPS) is 32.1. The molecule has 1 fully saturated rings. The number of rotatable bonds is 2. The molecule has 1 saturated carbocycles. The van der Waals surface area contributed by atoms with Gasteiger partial charge in [-0.15, -0.1) is 0 Å². The molecule has 1 aromatic heterocycles. The molecule has 0 aliphatic heterocycles. The SMILES string of the molecule is CC(=O)C1=C(O)[C@@]2(O)C(=O)C3=C(O)c4c(cnc(C)c4O)[C@H](C)[C@H]3C[C@H]2[C@H](N(C)C)C1=O. The van der Waals surface area contributed by atoms with Gasteiger partial charge in [0.15, 0.2) is 17.2 Å². The molecule has 9 heteroatoms. The minimum absolute atomic E-state index is 0.0676. The van der Waals surface area contributed by atoms with Crippen molar-refractivity contribution in [3.05, 3.63) is 39.9 Å². The Kier molecular flexibility index (Phi) is 4.83. The van der Waals surface area contributed by atoms with Crippen molar-refractivity contribution >= 4 is 23.1 Å². The van der Waals surface area contributed by atoms with Gasteiger partial charge in [-0.05, 0) is 51.8 Å². The molecule has 0 unspecified atom stereocenters. The summed E-state index contributed by atoms with van der Waals surface area (Å²) in [6.07, 6.45) is 1.62. The van der Waals surface area contributed by atoms with Crippen molar-refractivity contribution in [2.75, 3.05) is 14.1 Å². The standard InChI is InChI=1S/C23H26N2O7/c1-8-11-6-13-17(25(4)5)20(29)14(10(3)26)21(30)23(13,32)22(31)16(11)19(28)15-12(8)7-24-9(2)18(15)27/h7-8,11,13,17,27-28,30,32H,6H2,1-5H3/t8-,11-,13+,17+,23-/m1/s1. The van der Waals surface area contributed by atoms with E-state index in [0.29, 0.717) is 5.56 Å². The van der Waals surface area contributed by atoms with E-state index in [1.807, 2.05) is 6.92 Å². The minimum atomic E-state index is -2.56. The van der Waals surface area contributed by atoms with E-state index < -0.39 is 57.9 Å². The second-order valence-electron chi connectivity index (χ2n) is 9.17. The van der Waals surface area contributed by atoms with Crippen molar-refractivity contribution < 1.29 is 34.8 Å². The van der Waals surface area contributed by atoms with Crippen LogP contribution in [0.5, 0.6) is 5.75 Å². The molecule has 0 bridgehead atoms. The van der Waals surface area contributed by atoms with Gasteiger partial charge in [-0.25, -0.2) is 0 Å². The molecule has 0 aromatic carbocycles. The topological polar surface area (TPSA) is 148 Å². The van der Waals surface area contributed by atoms with Gasteiger partial charge in [-0.2, -0.15) is 0 Å². The molecule has 1 heterocycles. The van der Waals surface area contributed by atoms with Gasteiger partial charge in [0.2, 0.25) is 5.78 Å². The van der Waals surface area contributed by atoms with E-state index in [2.05, 4.69) is 4.98 Å². The number of ketones is 3. The minimum Gasteiger partial charge on any atom is -0.508 e. The summed E-state index contributed by atoms with van der Waals surface area (Å²) in [5.74, 6) is -6.13. The van der Waals surface area contributed by atoms with E-state index in [9.17, 15) is 34.8 Å². The number of Topliss-reactive ketones (excluding diaryl/α,β-unsaturated/α-hetero) is 3. The van der Waals surface area contributed by atoms with Crippen LogP contribution in [-0.2, 0) is 14.4 Å². The molecule has 9 nitrogen and oxygen atoms in total. The van der Waals surface area contributed by atoms with Crippen molar-refractivity contribution in [3.8, 4) is 5.75 Å². The van der Waals surface area contributed by atoms with Crippen LogP contribution in [0.3, 0.4) is 0 Å². The van der Waals surface area contributed by atoms with Crippen LogP contribution in [-0.4, -0.2) is 73.4 Å². The van der Waals surface area contributed by atoms with Crippen molar-refractivity contribution in [2.45, 2.75) is 44.8 Å². The van der Waals surface area contributed by atoms with Crippen molar-refractivity contribution in [1.29, 1.82) is 0 Å². The van der Waals surface area contributed by atoms with Gasteiger partial charge >= 0.3 is 0 Å². The zero-order valence-electron chi connectivity index (χ0n) is 18.5. The number of hydrogen-bond acceptors (Lipinski definition) is 9. The van der Waals surface area contributed by atoms with Gasteiger partial charge in [0.25, 0.3) is 0 Å². The summed E-state index contributed by atoms with van der Waals surface area (Å²) in [5, 5.41) is 44.0. The molecular formula is C23H26N2O7. The summed E-state index contributed by atoms with van der Waals surface area (Å²) in [6.45, 7) is 4.45. The Hall–Kier alpha value is -3.04. The van der Waals surface area contributed by atoms with Gasteiger partial charge in [0.1, 0.15) is 22.8 Å². The third kappa shape index (κ3) is 2.58. The molecule has 4 N–H and O–H groups in total. The average Bonchev–Trinajstić information content (AvgIpc) is 2.70. The van der Waals surface area contributed by atoms with Crippen LogP contribution in [0.25, 0.3) is 5.76 Å². The van der Waals surface area contributed by atoms with E-state index in [4.69, 9.17) is 0 Å². The Bertz CT molecular complexity index is 1150. The lowest BCUT2D eigenvalue weighted by atomic mass is 9.55. The van der Waals surface area contributed by atoms with Crippen LogP contribution in [0.15, 0.2) is 23.1 Å². The van der Waals surface area contributed by atoms with Gasteiger partial charge in [-0.3, -0.25) is 24.3 Å². The zero-order valence-corrected chi connectivity index (χ0v) is 18.5. The highest BCUT2D eigenvalue weighted by molar-refractivity contribution is 6.25. The highest BCUT2D eigenvalue weighted by atomic mass is 16.3. The molecule has 0 saturated heterocycles. The maximum atomic E-state index is 13.7. The van der Waals surface area contributed by atoms with Crippen LogP contribution in [0.1, 0.15) is 43.0 Å². The second kappa shape index (κ2) is 6.98. The molecule has 0 spiro atoms. The predicted molar refractivity (Wildman–Crippen MR) is 113 cm³/mol. The first-order chi connectivity index (χ1) is 14.8. The first kappa shape index (κ1) is 22.2. The molecule has 5 atom stereocenters. The molecule has 170 valence electrons. The number of carbonyl (C=O) groups is 3. The number of aromatic nitrogens is 1. The number of aliphatic hydroxyl groups excluding tert-OH is 2. The lowest BCUT2D eigenvalue weighted by Crippen LogP contribution is -2.65. The van der Waals surface area contributed by atoms with E-state index in [1.165, 1.54) is 11.1 Å². The summed E-state index contributed by atoms with van der Waals surface area (Å²) < 4.78 is 0. The largest absolute Gasteiger partial charge is 0.508 e. The van der Waals surface area contributed by atoms with E-state index in [0.717, 1.165) is 6.92 Å². The third-order valence-electron chi connectivity index (χ3n) is 7.26. The average molecular weight is 442 g/mol. The van der Waals surface area contributed by atoms with Crippen molar-refractivity contribution in [1.82, 2.24) is 9.88 Å². The number of likely N-dealkylation sites (N-methyl/N-ethyl adjacent to an activating group) is 1. The highest BCUT2D eigenvalue weighted by Crippen LogP contribution is 2.56. The summed E-state index contributed by atoms with van der Waals surface area (Å²) in [5.41, 5.74) is -2.42. The first-order valence-electron chi connectivity index (χ1n) is 10.4. The van der Waals surface area contributed by atoms with Crippen molar-refractivity contribution in [2.24, 2.45) is 11.8 Å². The fourth-order valence-electron chi connectivity index (χ4n) is 5.61. The van der Waals surface area contributed by atoms with Crippen LogP contribution in [0, 0.1) is 18.8 Å². The Morgan fingerprint density at radius 2 is 1.84 bits per heavy atom. The monoisotopic (exact) mass is 442 g/mol. The van der Waals surface area contributed by atoms with Crippen LogP contribution < -0.4 is 0 Å². The smallest absolute Gasteiger partial charge is 0.202 e. The molecule has 0 radical (unpaired) electrons. The summed E-state index contributed by atoms with van der Waals surface area (Å²) in [4.78, 5) is 44.7. The Balaban J connectivity index is 2.02. The number of carbonyl (C=O) groups excluding carboxylic acids is 3. The highest BCUT2D eigenvalue weighted by Gasteiger charge is 2.64. The molecular weight excluding hydrogens is 416 g/mol. The lowest BCUT2D eigenvalue weighted by molar-refractivity contribution is -0.154. The van der Waals surface area contributed by atoms with E-state index >= 15 is 0 Å². The summed E-state index contributed by atoms with van der Waals surface area (Å²) in [6, 6.07) is -1.03. The number of nitrogens with zero attached hydrogens (tertiary/aromatic N) is 2. The van der Waals surface area contributed by atoms with Gasteiger partial charge < -0.3 is 20.4 Å².